The molecule has 0 unspecified atom stereocenters. The maximum atomic E-state index is 11.6. The fourth-order valence-electron chi connectivity index (χ4n) is 1.60. The van der Waals surface area contributed by atoms with Gasteiger partial charge in [0.15, 0.2) is 6.29 Å². The predicted molar refractivity (Wildman–Crippen MR) is 61.9 cm³/mol. The smallest absolute Gasteiger partial charge is 0.338 e. The molecule has 0 fully saturated rings. The van der Waals surface area contributed by atoms with Crippen molar-refractivity contribution in [2.45, 2.75) is 20.3 Å². The molecule has 0 aromatic heterocycles. The average Bonchev–Trinajstić information content (AvgIpc) is 2.36. The van der Waals surface area contributed by atoms with E-state index in [1.54, 1.807) is 13.0 Å². The van der Waals surface area contributed by atoms with Gasteiger partial charge in [-0.1, -0.05) is 13.0 Å². The summed E-state index contributed by atoms with van der Waals surface area (Å²) in [6.45, 7) is 3.80. The Kier molecular flexibility index (Phi) is 4.41. The Bertz CT molecular complexity index is 486. The van der Waals surface area contributed by atoms with Gasteiger partial charge in [0.2, 0.25) is 0 Å². The summed E-state index contributed by atoms with van der Waals surface area (Å²) in [6.07, 6.45) is 1.16. The van der Waals surface area contributed by atoms with E-state index in [0.717, 1.165) is 5.56 Å². The van der Waals surface area contributed by atoms with Gasteiger partial charge in [0.05, 0.1) is 17.7 Å². The van der Waals surface area contributed by atoms with E-state index in [0.29, 0.717) is 12.7 Å². The molecular formula is C13H13NO3. The number of nitriles is 1. The molecule has 0 spiro atoms. The molecule has 4 nitrogen and oxygen atoms in total. The molecule has 0 N–H and O–H groups in total. The molecule has 0 saturated heterocycles. The van der Waals surface area contributed by atoms with Gasteiger partial charge in [-0.3, -0.25) is 4.79 Å². The molecule has 0 aliphatic carbocycles. The summed E-state index contributed by atoms with van der Waals surface area (Å²) in [5.74, 6) is -0.575. The summed E-state index contributed by atoms with van der Waals surface area (Å²) in [6, 6.07) is 5.17. The minimum absolute atomic E-state index is 0.116. The average molecular weight is 231 g/mol. The summed E-state index contributed by atoms with van der Waals surface area (Å²) in [5.41, 5.74) is 1.27. The molecule has 17 heavy (non-hydrogen) atoms. The van der Waals surface area contributed by atoms with Crippen LogP contribution in [0.1, 0.15) is 45.7 Å². The zero-order chi connectivity index (χ0) is 12.8. The van der Waals surface area contributed by atoms with Crippen LogP contribution in [0.4, 0.5) is 0 Å². The molecular weight excluding hydrogens is 218 g/mol. The fourth-order valence-corrected chi connectivity index (χ4v) is 1.60. The number of aryl methyl sites for hydroxylation is 1. The first-order valence-corrected chi connectivity index (χ1v) is 5.37. The summed E-state index contributed by atoms with van der Waals surface area (Å²) < 4.78 is 4.84. The Balaban J connectivity index is 3.39. The molecule has 0 radical (unpaired) electrons. The summed E-state index contributed by atoms with van der Waals surface area (Å²) in [7, 11) is 0. The number of hydrogen-bond donors (Lipinski definition) is 0. The lowest BCUT2D eigenvalue weighted by Gasteiger charge is -2.08. The third-order valence-corrected chi connectivity index (χ3v) is 2.44. The predicted octanol–water partition coefficient (Wildman–Crippen LogP) is 2.11. The number of benzene rings is 1. The van der Waals surface area contributed by atoms with E-state index in [-0.39, 0.29) is 23.3 Å². The standard InChI is InChI=1S/C13H13NO3/c1-3-9-5-6-10(13(16)17-4-2)12(8-15)11(9)7-14/h5-6,8H,3-4H2,1-2H3. The van der Waals surface area contributed by atoms with E-state index >= 15 is 0 Å². The number of ether oxygens (including phenoxy) is 1. The fraction of sp³-hybridized carbons (Fsp3) is 0.308. The normalized spacial score (nSPS) is 9.47. The third kappa shape index (κ3) is 2.51. The van der Waals surface area contributed by atoms with Crippen molar-refractivity contribution in [1.82, 2.24) is 0 Å². The Labute approximate surface area is 99.8 Å². The zero-order valence-corrected chi connectivity index (χ0v) is 9.82. The summed E-state index contributed by atoms with van der Waals surface area (Å²) in [5, 5.41) is 9.04. The first kappa shape index (κ1) is 12.9. The largest absolute Gasteiger partial charge is 0.462 e. The SMILES string of the molecule is CCOC(=O)c1ccc(CC)c(C#N)c1C=O. The Morgan fingerprint density at radius 1 is 1.47 bits per heavy atom. The van der Waals surface area contributed by atoms with Crippen LogP contribution < -0.4 is 0 Å². The van der Waals surface area contributed by atoms with Crippen LogP contribution in [-0.4, -0.2) is 18.9 Å². The van der Waals surface area contributed by atoms with Gasteiger partial charge in [-0.15, -0.1) is 0 Å². The van der Waals surface area contributed by atoms with Crippen molar-refractivity contribution in [3.8, 4) is 6.07 Å². The van der Waals surface area contributed by atoms with Crippen LogP contribution in [0.3, 0.4) is 0 Å². The van der Waals surface area contributed by atoms with Crippen molar-refractivity contribution >= 4 is 12.3 Å². The molecule has 1 rings (SSSR count). The molecule has 0 bridgehead atoms. The lowest BCUT2D eigenvalue weighted by molar-refractivity contribution is 0.0524. The van der Waals surface area contributed by atoms with E-state index in [9.17, 15) is 9.59 Å². The second-order valence-corrected chi connectivity index (χ2v) is 3.36. The van der Waals surface area contributed by atoms with E-state index < -0.39 is 5.97 Å². The molecule has 1 aromatic rings. The Morgan fingerprint density at radius 2 is 2.18 bits per heavy atom. The number of aldehydes is 1. The molecule has 0 atom stereocenters. The van der Waals surface area contributed by atoms with Gasteiger partial charge in [-0.2, -0.15) is 5.26 Å². The number of rotatable bonds is 4. The number of hydrogen-bond acceptors (Lipinski definition) is 4. The van der Waals surface area contributed by atoms with Crippen LogP contribution in [0.2, 0.25) is 0 Å². The van der Waals surface area contributed by atoms with Gasteiger partial charge in [-0.25, -0.2) is 4.79 Å². The third-order valence-electron chi connectivity index (χ3n) is 2.44. The highest BCUT2D eigenvalue weighted by molar-refractivity contribution is 6.00. The molecule has 1 aromatic carbocycles. The topological polar surface area (TPSA) is 67.2 Å². The van der Waals surface area contributed by atoms with Crippen LogP contribution in [0.15, 0.2) is 12.1 Å². The van der Waals surface area contributed by atoms with Crippen LogP contribution in [0.25, 0.3) is 0 Å². The van der Waals surface area contributed by atoms with Gasteiger partial charge >= 0.3 is 5.97 Å². The molecule has 88 valence electrons. The molecule has 0 aliphatic heterocycles. The Morgan fingerprint density at radius 3 is 2.65 bits per heavy atom. The maximum Gasteiger partial charge on any atom is 0.338 e. The lowest BCUT2D eigenvalue weighted by atomic mass is 9.96. The van der Waals surface area contributed by atoms with E-state index in [2.05, 4.69) is 0 Å². The Hall–Kier alpha value is -2.15. The summed E-state index contributed by atoms with van der Waals surface area (Å²) >= 11 is 0. The van der Waals surface area contributed by atoms with E-state index in [4.69, 9.17) is 10.00 Å². The van der Waals surface area contributed by atoms with Gasteiger partial charge in [0, 0.05) is 5.56 Å². The maximum absolute atomic E-state index is 11.6. The first-order chi connectivity index (χ1) is 8.19. The van der Waals surface area contributed by atoms with Crippen molar-refractivity contribution in [2.24, 2.45) is 0 Å². The highest BCUT2D eigenvalue weighted by atomic mass is 16.5. The second kappa shape index (κ2) is 5.80. The minimum atomic E-state index is -0.575. The number of nitrogens with zero attached hydrogens (tertiary/aromatic N) is 1. The molecule has 0 saturated carbocycles. The van der Waals surface area contributed by atoms with Gasteiger partial charge < -0.3 is 4.74 Å². The van der Waals surface area contributed by atoms with Crippen molar-refractivity contribution < 1.29 is 14.3 Å². The van der Waals surface area contributed by atoms with Gasteiger partial charge in [0.25, 0.3) is 0 Å². The van der Waals surface area contributed by atoms with Crippen molar-refractivity contribution in [1.29, 1.82) is 5.26 Å². The van der Waals surface area contributed by atoms with Gasteiger partial charge in [0.1, 0.15) is 6.07 Å². The van der Waals surface area contributed by atoms with E-state index in [1.165, 1.54) is 6.07 Å². The molecule has 0 aliphatic rings. The lowest BCUT2D eigenvalue weighted by Crippen LogP contribution is -2.10. The monoisotopic (exact) mass is 231 g/mol. The number of carbonyl (C=O) groups excluding carboxylic acids is 2. The number of carbonyl (C=O) groups is 2. The van der Waals surface area contributed by atoms with E-state index in [1.807, 2.05) is 13.0 Å². The van der Waals surface area contributed by atoms with Crippen LogP contribution in [0, 0.1) is 11.3 Å². The minimum Gasteiger partial charge on any atom is -0.462 e. The van der Waals surface area contributed by atoms with Crippen molar-refractivity contribution in [2.75, 3.05) is 6.61 Å². The summed E-state index contributed by atoms with van der Waals surface area (Å²) in [4.78, 5) is 22.6. The van der Waals surface area contributed by atoms with Gasteiger partial charge in [-0.05, 0) is 25.0 Å². The van der Waals surface area contributed by atoms with Crippen LogP contribution in [-0.2, 0) is 11.2 Å². The number of esters is 1. The molecule has 0 amide bonds. The first-order valence-electron chi connectivity index (χ1n) is 5.37. The van der Waals surface area contributed by atoms with Crippen LogP contribution >= 0.6 is 0 Å². The molecule has 4 heteroatoms. The highest BCUT2D eigenvalue weighted by Crippen LogP contribution is 2.18. The quantitative estimate of drug-likeness (QED) is 0.588. The molecule has 0 heterocycles. The van der Waals surface area contributed by atoms with Crippen molar-refractivity contribution in [3.05, 3.63) is 34.4 Å². The van der Waals surface area contributed by atoms with Crippen LogP contribution in [0.5, 0.6) is 0 Å². The second-order valence-electron chi connectivity index (χ2n) is 3.36. The zero-order valence-electron chi connectivity index (χ0n) is 9.82. The highest BCUT2D eigenvalue weighted by Gasteiger charge is 2.17. The van der Waals surface area contributed by atoms with Crippen molar-refractivity contribution in [3.63, 3.8) is 0 Å².